The number of furan rings is 1. The van der Waals surface area contributed by atoms with Crippen molar-refractivity contribution < 1.29 is 18.7 Å². The molecule has 1 heterocycles. The van der Waals surface area contributed by atoms with Crippen LogP contribution in [0.5, 0.6) is 0 Å². The van der Waals surface area contributed by atoms with Crippen molar-refractivity contribution in [3.05, 3.63) is 72.0 Å². The molecule has 0 unspecified atom stereocenters. The second kappa shape index (κ2) is 9.69. The minimum atomic E-state index is -0.327. The number of anilines is 1. The molecule has 3 rings (SSSR count). The topological polar surface area (TPSA) is 80.9 Å². The smallest absolute Gasteiger partial charge is 0.338 e. The van der Waals surface area contributed by atoms with Crippen LogP contribution in [-0.4, -0.2) is 24.7 Å². The molecule has 0 fully saturated rings. The molecule has 1 N–H and O–H groups in total. The van der Waals surface area contributed by atoms with Gasteiger partial charge < -0.3 is 14.5 Å². The van der Waals surface area contributed by atoms with E-state index in [1.807, 2.05) is 50.2 Å². The van der Waals surface area contributed by atoms with Gasteiger partial charge in [0, 0.05) is 18.2 Å². The Kier molecular flexibility index (Phi) is 6.80. The van der Waals surface area contributed by atoms with Gasteiger partial charge in [0.2, 0.25) is 5.91 Å². The molecule has 6 heteroatoms. The number of amides is 1. The van der Waals surface area contributed by atoms with Crippen molar-refractivity contribution in [3.63, 3.8) is 0 Å². The summed E-state index contributed by atoms with van der Waals surface area (Å²) in [7, 11) is 0. The van der Waals surface area contributed by atoms with Crippen LogP contribution in [0.2, 0.25) is 0 Å². The van der Waals surface area contributed by atoms with Crippen molar-refractivity contribution in [2.24, 2.45) is 10.9 Å². The highest BCUT2D eigenvalue weighted by molar-refractivity contribution is 5.90. The number of nitrogens with zero attached hydrogens (tertiary/aromatic N) is 1. The van der Waals surface area contributed by atoms with E-state index in [9.17, 15) is 9.59 Å². The lowest BCUT2D eigenvalue weighted by Gasteiger charge is -2.07. The average molecular weight is 404 g/mol. The largest absolute Gasteiger partial charge is 0.462 e. The SMILES string of the molecule is CC(=O)Nc1ccc(N=Cc2ccc(-c3ccc(C(=O)OCC(C)C)cc3)o2)cc1. The normalized spacial score (nSPS) is 11.1. The quantitative estimate of drug-likeness (QED) is 0.418. The summed E-state index contributed by atoms with van der Waals surface area (Å²) in [5, 5.41) is 2.71. The number of esters is 1. The van der Waals surface area contributed by atoms with E-state index in [4.69, 9.17) is 9.15 Å². The van der Waals surface area contributed by atoms with E-state index in [2.05, 4.69) is 10.3 Å². The molecule has 0 bridgehead atoms. The first-order chi connectivity index (χ1) is 14.4. The van der Waals surface area contributed by atoms with Crippen molar-refractivity contribution in [2.75, 3.05) is 11.9 Å². The lowest BCUT2D eigenvalue weighted by molar-refractivity contribution is -0.114. The van der Waals surface area contributed by atoms with Crippen molar-refractivity contribution in [3.8, 4) is 11.3 Å². The highest BCUT2D eigenvalue weighted by atomic mass is 16.5. The van der Waals surface area contributed by atoms with Gasteiger partial charge in [-0.3, -0.25) is 9.79 Å². The number of benzene rings is 2. The Morgan fingerprint density at radius 1 is 1.03 bits per heavy atom. The molecule has 0 aliphatic carbocycles. The Bertz CT molecular complexity index is 1030. The van der Waals surface area contributed by atoms with Crippen LogP contribution in [0, 0.1) is 5.92 Å². The van der Waals surface area contributed by atoms with Crippen molar-refractivity contribution in [1.82, 2.24) is 0 Å². The standard InChI is InChI=1S/C24H24N2O4/c1-16(2)15-29-24(28)19-6-4-18(5-7-19)23-13-12-22(30-23)14-25-20-8-10-21(11-9-20)26-17(3)27/h4-14,16H,15H2,1-3H3,(H,26,27). The third-order valence-electron chi connectivity index (χ3n) is 4.11. The van der Waals surface area contributed by atoms with Gasteiger partial charge in [-0.25, -0.2) is 4.79 Å². The first-order valence-corrected chi connectivity index (χ1v) is 9.70. The van der Waals surface area contributed by atoms with Gasteiger partial charge in [-0.2, -0.15) is 0 Å². The maximum Gasteiger partial charge on any atom is 0.338 e. The van der Waals surface area contributed by atoms with Crippen LogP contribution in [0.25, 0.3) is 11.3 Å². The van der Waals surface area contributed by atoms with E-state index in [-0.39, 0.29) is 11.9 Å². The lowest BCUT2D eigenvalue weighted by atomic mass is 10.1. The van der Waals surface area contributed by atoms with E-state index >= 15 is 0 Å². The second-order valence-electron chi connectivity index (χ2n) is 7.26. The summed E-state index contributed by atoms with van der Waals surface area (Å²) in [6, 6.07) is 18.0. The highest BCUT2D eigenvalue weighted by Crippen LogP contribution is 2.23. The molecule has 154 valence electrons. The average Bonchev–Trinajstić information content (AvgIpc) is 3.20. The number of rotatable bonds is 7. The van der Waals surface area contributed by atoms with E-state index in [1.165, 1.54) is 6.92 Å². The van der Waals surface area contributed by atoms with Crippen LogP contribution in [0.4, 0.5) is 11.4 Å². The number of nitrogens with one attached hydrogen (secondary N) is 1. The molecule has 6 nitrogen and oxygen atoms in total. The van der Waals surface area contributed by atoms with E-state index in [0.717, 1.165) is 16.9 Å². The Balaban J connectivity index is 1.63. The summed E-state index contributed by atoms with van der Waals surface area (Å²) < 4.78 is 11.1. The van der Waals surface area contributed by atoms with Crippen molar-refractivity contribution >= 4 is 29.5 Å². The zero-order chi connectivity index (χ0) is 21.5. The maximum absolute atomic E-state index is 12.0. The molecular weight excluding hydrogens is 380 g/mol. The Hall–Kier alpha value is -3.67. The zero-order valence-corrected chi connectivity index (χ0v) is 17.2. The first-order valence-electron chi connectivity index (χ1n) is 9.70. The van der Waals surface area contributed by atoms with Gasteiger partial charge in [0.25, 0.3) is 0 Å². The molecular formula is C24H24N2O4. The van der Waals surface area contributed by atoms with Gasteiger partial charge in [0.1, 0.15) is 11.5 Å². The number of hydrogen-bond donors (Lipinski definition) is 1. The molecule has 0 radical (unpaired) electrons. The number of hydrogen-bond acceptors (Lipinski definition) is 5. The van der Waals surface area contributed by atoms with Gasteiger partial charge >= 0.3 is 5.97 Å². The fraction of sp³-hybridized carbons (Fsp3) is 0.208. The van der Waals surface area contributed by atoms with Gasteiger partial charge in [-0.05, 0) is 54.4 Å². The summed E-state index contributed by atoms with van der Waals surface area (Å²) in [4.78, 5) is 27.5. The van der Waals surface area contributed by atoms with E-state index in [1.54, 1.807) is 30.5 Å². The molecule has 0 atom stereocenters. The molecule has 0 saturated heterocycles. The van der Waals surface area contributed by atoms with Crippen LogP contribution in [0.3, 0.4) is 0 Å². The molecule has 2 aromatic carbocycles. The highest BCUT2D eigenvalue weighted by Gasteiger charge is 2.10. The summed E-state index contributed by atoms with van der Waals surface area (Å²) in [6.45, 7) is 5.86. The van der Waals surface area contributed by atoms with E-state index in [0.29, 0.717) is 29.6 Å². The van der Waals surface area contributed by atoms with Gasteiger partial charge in [0.15, 0.2) is 0 Å². The van der Waals surface area contributed by atoms with Crippen LogP contribution in [0.15, 0.2) is 70.1 Å². The number of carbonyl (C=O) groups is 2. The predicted molar refractivity (Wildman–Crippen MR) is 117 cm³/mol. The Labute approximate surface area is 175 Å². The number of aliphatic imine (C=N–C) groups is 1. The summed E-state index contributed by atoms with van der Waals surface area (Å²) in [5.74, 6) is 1.14. The Morgan fingerprint density at radius 2 is 1.73 bits per heavy atom. The summed E-state index contributed by atoms with van der Waals surface area (Å²) in [6.07, 6.45) is 1.63. The molecule has 0 spiro atoms. The summed E-state index contributed by atoms with van der Waals surface area (Å²) in [5.41, 5.74) is 2.83. The third kappa shape index (κ3) is 5.91. The van der Waals surface area contributed by atoms with Gasteiger partial charge in [0.05, 0.1) is 24.1 Å². The molecule has 0 aliphatic rings. The maximum atomic E-state index is 12.0. The zero-order valence-electron chi connectivity index (χ0n) is 17.2. The molecule has 1 aromatic heterocycles. The molecule has 0 saturated carbocycles. The number of carbonyl (C=O) groups excluding carboxylic acids is 2. The first kappa shape index (κ1) is 21.0. The van der Waals surface area contributed by atoms with Gasteiger partial charge in [-0.1, -0.05) is 26.0 Å². The van der Waals surface area contributed by atoms with Crippen LogP contribution < -0.4 is 5.32 Å². The molecule has 30 heavy (non-hydrogen) atoms. The summed E-state index contributed by atoms with van der Waals surface area (Å²) >= 11 is 0. The van der Waals surface area contributed by atoms with E-state index < -0.39 is 0 Å². The van der Waals surface area contributed by atoms with Crippen molar-refractivity contribution in [2.45, 2.75) is 20.8 Å². The monoisotopic (exact) mass is 404 g/mol. The number of ether oxygens (including phenoxy) is 1. The second-order valence-corrected chi connectivity index (χ2v) is 7.26. The van der Waals surface area contributed by atoms with Crippen LogP contribution in [-0.2, 0) is 9.53 Å². The lowest BCUT2D eigenvalue weighted by Crippen LogP contribution is -2.09. The van der Waals surface area contributed by atoms with Crippen LogP contribution >= 0.6 is 0 Å². The van der Waals surface area contributed by atoms with Gasteiger partial charge in [-0.15, -0.1) is 0 Å². The van der Waals surface area contributed by atoms with Crippen LogP contribution in [0.1, 0.15) is 36.9 Å². The minimum absolute atomic E-state index is 0.116. The van der Waals surface area contributed by atoms with Crippen molar-refractivity contribution in [1.29, 1.82) is 0 Å². The minimum Gasteiger partial charge on any atom is -0.462 e. The fourth-order valence-corrected chi connectivity index (χ4v) is 2.65. The molecule has 0 aliphatic heterocycles. The predicted octanol–water partition coefficient (Wildman–Crippen LogP) is 5.47. The molecule has 3 aromatic rings. The molecule has 1 amide bonds. The third-order valence-corrected chi connectivity index (χ3v) is 4.11. The Morgan fingerprint density at radius 3 is 2.37 bits per heavy atom. The fourth-order valence-electron chi connectivity index (χ4n) is 2.65.